The number of carbonyl (C=O) groups excluding carboxylic acids is 1. The van der Waals surface area contributed by atoms with Crippen molar-refractivity contribution in [1.82, 2.24) is 0 Å². The molecule has 2 aliphatic rings. The average molecular weight is 457 g/mol. The van der Waals surface area contributed by atoms with Crippen LogP contribution in [0.5, 0.6) is 0 Å². The zero-order chi connectivity index (χ0) is 23.3. The van der Waals surface area contributed by atoms with Gasteiger partial charge in [0.15, 0.2) is 0 Å². The van der Waals surface area contributed by atoms with E-state index in [2.05, 4.69) is 37.9 Å². The molecule has 0 saturated carbocycles. The minimum Gasteiger partial charge on any atom is -0.478 e. The Balaban J connectivity index is 1.54. The van der Waals surface area contributed by atoms with Crippen molar-refractivity contribution in [2.45, 2.75) is 59.0 Å². The van der Waals surface area contributed by atoms with E-state index in [4.69, 9.17) is 4.74 Å². The van der Waals surface area contributed by atoms with Crippen LogP contribution in [-0.2, 0) is 16.6 Å². The Morgan fingerprint density at radius 2 is 1.84 bits per heavy atom. The SMILES string of the molecule is CCOC1CN(c2ccc(C(=O)Nc3sc4c(c3C(=O)O)CC(C)(C)CC4(C)C)cc2)C1. The van der Waals surface area contributed by atoms with Gasteiger partial charge in [-0.2, -0.15) is 0 Å². The molecule has 1 aromatic heterocycles. The van der Waals surface area contributed by atoms with Gasteiger partial charge in [-0.3, -0.25) is 4.79 Å². The van der Waals surface area contributed by atoms with Crippen LogP contribution in [-0.4, -0.2) is 42.8 Å². The molecule has 1 aromatic carbocycles. The van der Waals surface area contributed by atoms with Gasteiger partial charge in [-0.25, -0.2) is 4.79 Å². The summed E-state index contributed by atoms with van der Waals surface area (Å²) in [6, 6.07) is 7.44. The van der Waals surface area contributed by atoms with Crippen LogP contribution in [0.3, 0.4) is 0 Å². The van der Waals surface area contributed by atoms with Crippen LogP contribution in [0.15, 0.2) is 24.3 Å². The number of aromatic carboxylic acids is 1. The molecule has 1 aliphatic carbocycles. The Bertz CT molecular complexity index is 1030. The van der Waals surface area contributed by atoms with Gasteiger partial charge >= 0.3 is 5.97 Å². The second-order valence-corrected chi connectivity index (χ2v) is 11.3. The zero-order valence-electron chi connectivity index (χ0n) is 19.4. The van der Waals surface area contributed by atoms with Gasteiger partial charge in [-0.1, -0.05) is 27.7 Å². The standard InChI is InChI=1S/C25H32N2O4S/c1-6-31-17-12-27(13-17)16-9-7-15(8-10-16)21(28)26-22-19(23(29)30)18-11-24(2,3)14-25(4,5)20(18)32-22/h7-10,17H,6,11-14H2,1-5H3,(H,26,28)(H,29,30). The fraction of sp³-hybridized carbons (Fsp3) is 0.520. The lowest BCUT2D eigenvalue weighted by molar-refractivity contribution is 0.0430. The Hall–Kier alpha value is -2.38. The summed E-state index contributed by atoms with van der Waals surface area (Å²) in [5, 5.41) is 13.3. The smallest absolute Gasteiger partial charge is 0.339 e. The van der Waals surface area contributed by atoms with Crippen LogP contribution in [0.2, 0.25) is 0 Å². The van der Waals surface area contributed by atoms with Crippen molar-refractivity contribution in [3.8, 4) is 0 Å². The highest BCUT2D eigenvalue weighted by atomic mass is 32.1. The van der Waals surface area contributed by atoms with Gasteiger partial charge in [0.05, 0.1) is 11.7 Å². The first-order chi connectivity index (χ1) is 15.0. The maximum atomic E-state index is 13.0. The highest BCUT2D eigenvalue weighted by molar-refractivity contribution is 7.17. The summed E-state index contributed by atoms with van der Waals surface area (Å²) in [4.78, 5) is 28.4. The van der Waals surface area contributed by atoms with Gasteiger partial charge in [0.1, 0.15) is 5.00 Å². The summed E-state index contributed by atoms with van der Waals surface area (Å²) in [6.07, 6.45) is 1.95. The maximum Gasteiger partial charge on any atom is 0.339 e. The number of fused-ring (bicyclic) bond motifs is 1. The number of nitrogens with zero attached hydrogens (tertiary/aromatic N) is 1. The highest BCUT2D eigenvalue weighted by Crippen LogP contribution is 2.52. The Morgan fingerprint density at radius 3 is 2.44 bits per heavy atom. The number of rotatable bonds is 6. The summed E-state index contributed by atoms with van der Waals surface area (Å²) < 4.78 is 5.60. The van der Waals surface area contributed by atoms with Crippen molar-refractivity contribution in [2.75, 3.05) is 29.9 Å². The third-order valence-electron chi connectivity index (χ3n) is 6.38. The van der Waals surface area contributed by atoms with Crippen molar-refractivity contribution in [3.63, 3.8) is 0 Å². The van der Waals surface area contributed by atoms with E-state index >= 15 is 0 Å². The minimum atomic E-state index is -0.983. The number of nitrogens with one attached hydrogen (secondary N) is 1. The summed E-state index contributed by atoms with van der Waals surface area (Å²) in [7, 11) is 0. The van der Waals surface area contributed by atoms with Gasteiger partial charge in [0.25, 0.3) is 5.91 Å². The predicted octanol–water partition coefficient (Wildman–Crippen LogP) is 5.17. The molecule has 0 unspecified atom stereocenters. The van der Waals surface area contributed by atoms with Crippen molar-refractivity contribution in [2.24, 2.45) is 5.41 Å². The van der Waals surface area contributed by atoms with E-state index in [1.165, 1.54) is 11.3 Å². The first kappa shape index (κ1) is 22.8. The number of carboxylic acids is 1. The van der Waals surface area contributed by atoms with Crippen molar-refractivity contribution < 1.29 is 19.4 Å². The number of hydrogen-bond donors (Lipinski definition) is 2. The lowest BCUT2D eigenvalue weighted by Crippen LogP contribution is -2.52. The number of carboxylic acid groups (broad SMARTS) is 1. The molecule has 7 heteroatoms. The lowest BCUT2D eigenvalue weighted by Gasteiger charge is -2.40. The maximum absolute atomic E-state index is 13.0. The molecular formula is C25H32N2O4S. The lowest BCUT2D eigenvalue weighted by atomic mass is 9.65. The second-order valence-electron chi connectivity index (χ2n) is 10.3. The third kappa shape index (κ3) is 4.28. The molecule has 0 spiro atoms. The molecule has 2 heterocycles. The van der Waals surface area contributed by atoms with Crippen molar-refractivity contribution in [3.05, 3.63) is 45.8 Å². The summed E-state index contributed by atoms with van der Waals surface area (Å²) in [5.74, 6) is -1.27. The monoisotopic (exact) mass is 456 g/mol. The molecule has 4 rings (SSSR count). The quantitative estimate of drug-likeness (QED) is 0.627. The molecule has 0 bridgehead atoms. The van der Waals surface area contributed by atoms with Gasteiger partial charge < -0.3 is 20.1 Å². The van der Waals surface area contributed by atoms with Gasteiger partial charge in [-0.05, 0) is 60.4 Å². The number of benzene rings is 1. The number of ether oxygens (including phenoxy) is 1. The highest BCUT2D eigenvalue weighted by Gasteiger charge is 2.42. The van der Waals surface area contributed by atoms with Crippen LogP contribution in [0, 0.1) is 5.41 Å². The molecule has 32 heavy (non-hydrogen) atoms. The fourth-order valence-corrected chi connectivity index (χ4v) is 6.61. The number of amides is 1. The molecule has 1 fully saturated rings. The average Bonchev–Trinajstić information content (AvgIpc) is 3.01. The molecule has 1 saturated heterocycles. The van der Waals surface area contributed by atoms with Crippen molar-refractivity contribution >= 4 is 33.9 Å². The number of thiophene rings is 1. The number of hydrogen-bond acceptors (Lipinski definition) is 5. The van der Waals surface area contributed by atoms with Gasteiger partial charge in [0, 0.05) is 35.8 Å². The van der Waals surface area contributed by atoms with E-state index in [0.29, 0.717) is 17.0 Å². The van der Waals surface area contributed by atoms with E-state index in [9.17, 15) is 14.7 Å². The topological polar surface area (TPSA) is 78.9 Å². The molecule has 1 amide bonds. The van der Waals surface area contributed by atoms with Crippen LogP contribution >= 0.6 is 11.3 Å². The summed E-state index contributed by atoms with van der Waals surface area (Å²) in [5.41, 5.74) is 2.57. The van der Waals surface area contributed by atoms with Crippen LogP contribution in [0.4, 0.5) is 10.7 Å². The molecular weight excluding hydrogens is 424 g/mol. The molecule has 0 radical (unpaired) electrons. The van der Waals surface area contributed by atoms with Gasteiger partial charge in [-0.15, -0.1) is 11.3 Å². The molecule has 6 nitrogen and oxygen atoms in total. The Labute approximate surface area is 193 Å². The Morgan fingerprint density at radius 1 is 1.19 bits per heavy atom. The summed E-state index contributed by atoms with van der Waals surface area (Å²) >= 11 is 1.41. The van der Waals surface area contributed by atoms with E-state index < -0.39 is 5.97 Å². The van der Waals surface area contributed by atoms with E-state index in [0.717, 1.165) is 42.2 Å². The van der Waals surface area contributed by atoms with Crippen LogP contribution in [0.25, 0.3) is 0 Å². The van der Waals surface area contributed by atoms with E-state index in [1.807, 2.05) is 19.1 Å². The van der Waals surface area contributed by atoms with Crippen LogP contribution < -0.4 is 10.2 Å². The largest absolute Gasteiger partial charge is 0.478 e. The molecule has 2 aromatic rings. The van der Waals surface area contributed by atoms with E-state index in [1.54, 1.807) is 12.1 Å². The number of anilines is 2. The molecule has 1 aliphatic heterocycles. The normalized spacial score (nSPS) is 19.2. The fourth-order valence-electron chi connectivity index (χ4n) is 5.30. The minimum absolute atomic E-state index is 0.0108. The van der Waals surface area contributed by atoms with Gasteiger partial charge in [0.2, 0.25) is 0 Å². The van der Waals surface area contributed by atoms with Crippen LogP contribution in [0.1, 0.15) is 72.2 Å². The third-order valence-corrected chi connectivity index (χ3v) is 7.90. The molecule has 2 N–H and O–H groups in total. The first-order valence-electron chi connectivity index (χ1n) is 11.2. The predicted molar refractivity (Wildman–Crippen MR) is 128 cm³/mol. The molecule has 0 atom stereocenters. The zero-order valence-corrected chi connectivity index (χ0v) is 20.3. The molecule has 172 valence electrons. The Kier molecular flexibility index (Phi) is 5.84. The second kappa shape index (κ2) is 8.19. The first-order valence-corrected chi connectivity index (χ1v) is 12.0. The summed E-state index contributed by atoms with van der Waals surface area (Å²) in [6.45, 7) is 13.1. The van der Waals surface area contributed by atoms with Crippen molar-refractivity contribution in [1.29, 1.82) is 0 Å². The van der Waals surface area contributed by atoms with E-state index in [-0.39, 0.29) is 28.4 Å². The number of carbonyl (C=O) groups is 2.